The molecular formula is C25H22FN3O4. The summed E-state index contributed by atoms with van der Waals surface area (Å²) in [5, 5.41) is 12.9. The lowest BCUT2D eigenvalue weighted by molar-refractivity contribution is -0.137. The maximum absolute atomic E-state index is 14.3. The molecule has 168 valence electrons. The number of pyridine rings is 1. The van der Waals surface area contributed by atoms with E-state index in [-0.39, 0.29) is 11.3 Å². The summed E-state index contributed by atoms with van der Waals surface area (Å²) in [6.07, 6.45) is 1.48. The smallest absolute Gasteiger partial charge is 0.305 e. The number of carbonyl (C=O) groups excluding carboxylic acids is 1. The van der Waals surface area contributed by atoms with Crippen molar-refractivity contribution < 1.29 is 23.8 Å². The van der Waals surface area contributed by atoms with Crippen molar-refractivity contribution in [3.8, 4) is 17.0 Å². The lowest BCUT2D eigenvalue weighted by Crippen LogP contribution is -2.31. The summed E-state index contributed by atoms with van der Waals surface area (Å²) in [5.41, 5.74) is 2.37. The van der Waals surface area contributed by atoms with Gasteiger partial charge in [0.2, 0.25) is 0 Å². The molecule has 2 heterocycles. The van der Waals surface area contributed by atoms with Crippen molar-refractivity contribution in [2.24, 2.45) is 7.05 Å². The molecule has 0 radical (unpaired) electrons. The Balaban J connectivity index is 1.69. The summed E-state index contributed by atoms with van der Waals surface area (Å²) in [6.45, 7) is 0. The minimum atomic E-state index is -1.16. The molecule has 8 heteroatoms. The molecule has 0 fully saturated rings. The van der Waals surface area contributed by atoms with Gasteiger partial charge in [-0.2, -0.15) is 0 Å². The second-order valence-electron chi connectivity index (χ2n) is 7.59. The first-order valence-electron chi connectivity index (χ1n) is 10.2. The van der Waals surface area contributed by atoms with Crippen molar-refractivity contribution in [1.29, 1.82) is 0 Å². The number of aliphatic carboxylic acids is 1. The van der Waals surface area contributed by atoms with Crippen molar-refractivity contribution in [3.05, 3.63) is 83.9 Å². The zero-order valence-corrected chi connectivity index (χ0v) is 18.1. The molecule has 0 aliphatic carbocycles. The number of amides is 1. The van der Waals surface area contributed by atoms with Crippen LogP contribution in [0.5, 0.6) is 5.75 Å². The average Bonchev–Trinajstić information content (AvgIpc) is 3.18. The van der Waals surface area contributed by atoms with E-state index in [1.807, 2.05) is 42.1 Å². The quantitative estimate of drug-likeness (QED) is 0.440. The third-order valence-electron chi connectivity index (χ3n) is 5.44. The Kier molecular flexibility index (Phi) is 6.08. The highest BCUT2D eigenvalue weighted by atomic mass is 19.1. The predicted molar refractivity (Wildman–Crippen MR) is 122 cm³/mol. The van der Waals surface area contributed by atoms with Gasteiger partial charge in [0.1, 0.15) is 23.0 Å². The SMILES string of the molecule is COc1ccc(C(=O)N[C@@H](CC(=O)O)c2ccccc2F)nc1-c1ccc2ccn(C)c2c1. The Morgan fingerprint density at radius 1 is 1.15 bits per heavy atom. The number of methoxy groups -OCH3 is 1. The Bertz CT molecular complexity index is 1350. The molecule has 0 unspecified atom stereocenters. The summed E-state index contributed by atoms with van der Waals surface area (Å²) in [7, 11) is 3.45. The van der Waals surface area contributed by atoms with E-state index in [9.17, 15) is 19.1 Å². The molecule has 4 aromatic rings. The molecule has 0 saturated carbocycles. The van der Waals surface area contributed by atoms with Crippen LogP contribution in [0.4, 0.5) is 4.39 Å². The van der Waals surface area contributed by atoms with Gasteiger partial charge in [-0.3, -0.25) is 9.59 Å². The first-order chi connectivity index (χ1) is 15.9. The van der Waals surface area contributed by atoms with Gasteiger partial charge >= 0.3 is 5.97 Å². The van der Waals surface area contributed by atoms with Crippen LogP contribution >= 0.6 is 0 Å². The number of nitrogens with one attached hydrogen (secondary N) is 1. The number of carboxylic acids is 1. The van der Waals surface area contributed by atoms with Crippen molar-refractivity contribution in [2.45, 2.75) is 12.5 Å². The highest BCUT2D eigenvalue weighted by molar-refractivity contribution is 5.94. The molecule has 2 N–H and O–H groups in total. The van der Waals surface area contributed by atoms with Gasteiger partial charge in [-0.15, -0.1) is 0 Å². The number of fused-ring (bicyclic) bond motifs is 1. The van der Waals surface area contributed by atoms with Crippen LogP contribution in [0.15, 0.2) is 66.9 Å². The Morgan fingerprint density at radius 2 is 1.94 bits per heavy atom. The highest BCUT2D eigenvalue weighted by Crippen LogP contribution is 2.31. The number of halogens is 1. The number of benzene rings is 2. The Hall–Kier alpha value is -4.20. The van der Waals surface area contributed by atoms with Crippen molar-refractivity contribution >= 4 is 22.8 Å². The average molecular weight is 447 g/mol. The largest absolute Gasteiger partial charge is 0.494 e. The fourth-order valence-corrected chi connectivity index (χ4v) is 3.76. The lowest BCUT2D eigenvalue weighted by Gasteiger charge is -2.18. The maximum Gasteiger partial charge on any atom is 0.305 e. The van der Waals surface area contributed by atoms with E-state index >= 15 is 0 Å². The molecule has 0 spiro atoms. The molecule has 0 aliphatic rings. The molecule has 33 heavy (non-hydrogen) atoms. The van der Waals surface area contributed by atoms with Gasteiger partial charge in [-0.1, -0.05) is 30.3 Å². The number of aryl methyl sites for hydroxylation is 1. The van der Waals surface area contributed by atoms with Crippen LogP contribution in [-0.2, 0) is 11.8 Å². The summed E-state index contributed by atoms with van der Waals surface area (Å²) in [4.78, 5) is 28.8. The monoisotopic (exact) mass is 447 g/mol. The van der Waals surface area contributed by atoms with Crippen molar-refractivity contribution in [3.63, 3.8) is 0 Å². The second-order valence-corrected chi connectivity index (χ2v) is 7.59. The van der Waals surface area contributed by atoms with Crippen molar-refractivity contribution in [1.82, 2.24) is 14.9 Å². The van der Waals surface area contributed by atoms with Crippen LogP contribution in [0.3, 0.4) is 0 Å². The van der Waals surface area contributed by atoms with Gasteiger partial charge in [-0.05, 0) is 35.7 Å². The first-order valence-corrected chi connectivity index (χ1v) is 10.2. The normalized spacial score (nSPS) is 11.8. The van der Waals surface area contributed by atoms with E-state index in [1.54, 1.807) is 12.1 Å². The van der Waals surface area contributed by atoms with Crippen molar-refractivity contribution in [2.75, 3.05) is 7.11 Å². The molecule has 2 aromatic heterocycles. The molecular weight excluding hydrogens is 425 g/mol. The van der Waals surface area contributed by atoms with E-state index in [0.29, 0.717) is 11.4 Å². The van der Waals surface area contributed by atoms with Crippen LogP contribution in [0.2, 0.25) is 0 Å². The Morgan fingerprint density at radius 3 is 2.67 bits per heavy atom. The molecule has 0 bridgehead atoms. The van der Waals surface area contributed by atoms with Gasteiger partial charge < -0.3 is 19.7 Å². The molecule has 4 rings (SSSR count). The van der Waals surface area contributed by atoms with Gasteiger partial charge in [0, 0.05) is 29.9 Å². The van der Waals surface area contributed by atoms with Gasteiger partial charge in [0.15, 0.2) is 0 Å². The second kappa shape index (κ2) is 9.12. The lowest BCUT2D eigenvalue weighted by atomic mass is 10.0. The standard InChI is InChI=1S/C25H22FN3O4/c1-29-12-11-15-7-8-16(13-21(15)29)24-22(33-2)10-9-19(27-24)25(32)28-20(14-23(30)31)17-5-3-4-6-18(17)26/h3-13,20H,14H2,1-2H3,(H,28,32)(H,30,31)/t20-/m0/s1. The van der Waals surface area contributed by atoms with Gasteiger partial charge in [0.25, 0.3) is 5.91 Å². The number of rotatable bonds is 7. The molecule has 7 nitrogen and oxygen atoms in total. The number of hydrogen-bond donors (Lipinski definition) is 2. The number of hydrogen-bond acceptors (Lipinski definition) is 4. The van der Waals surface area contributed by atoms with Crippen LogP contribution in [-0.4, -0.2) is 33.6 Å². The third-order valence-corrected chi connectivity index (χ3v) is 5.44. The molecule has 0 aliphatic heterocycles. The highest BCUT2D eigenvalue weighted by Gasteiger charge is 2.23. The topological polar surface area (TPSA) is 93.4 Å². The molecule has 1 atom stereocenters. The number of carbonyl (C=O) groups is 2. The molecule has 0 saturated heterocycles. The van der Waals surface area contributed by atoms with Crippen LogP contribution in [0.25, 0.3) is 22.2 Å². The first kappa shape index (κ1) is 22.0. The van der Waals surface area contributed by atoms with E-state index < -0.39 is 30.2 Å². The number of carboxylic acid groups (broad SMARTS) is 1. The zero-order valence-electron chi connectivity index (χ0n) is 18.1. The third kappa shape index (κ3) is 4.55. The van der Waals surface area contributed by atoms with Crippen LogP contribution < -0.4 is 10.1 Å². The summed E-state index contributed by atoms with van der Waals surface area (Å²) >= 11 is 0. The van der Waals surface area contributed by atoms with E-state index in [2.05, 4.69) is 10.3 Å². The van der Waals surface area contributed by atoms with E-state index in [1.165, 1.54) is 31.4 Å². The van der Waals surface area contributed by atoms with E-state index in [0.717, 1.165) is 16.5 Å². The zero-order chi connectivity index (χ0) is 23.5. The van der Waals surface area contributed by atoms with Crippen LogP contribution in [0.1, 0.15) is 28.5 Å². The van der Waals surface area contributed by atoms with Gasteiger partial charge in [0.05, 0.1) is 19.6 Å². The fourth-order valence-electron chi connectivity index (χ4n) is 3.76. The number of aromatic nitrogens is 2. The van der Waals surface area contributed by atoms with Gasteiger partial charge in [-0.25, -0.2) is 9.37 Å². The predicted octanol–water partition coefficient (Wildman–Crippen LogP) is 4.33. The minimum Gasteiger partial charge on any atom is -0.494 e. The minimum absolute atomic E-state index is 0.0597. The fraction of sp³-hybridized carbons (Fsp3) is 0.160. The van der Waals surface area contributed by atoms with E-state index in [4.69, 9.17) is 4.74 Å². The summed E-state index contributed by atoms with van der Waals surface area (Å²) in [6, 6.07) is 15.6. The molecule has 1 amide bonds. The Labute approximate surface area is 189 Å². The maximum atomic E-state index is 14.3. The number of nitrogens with zero attached hydrogens (tertiary/aromatic N) is 2. The van der Waals surface area contributed by atoms with Crippen LogP contribution in [0, 0.1) is 5.82 Å². The summed E-state index contributed by atoms with van der Waals surface area (Å²) in [5.74, 6) is -1.89. The number of ether oxygens (including phenoxy) is 1. The summed E-state index contributed by atoms with van der Waals surface area (Å²) < 4.78 is 21.7. The molecule has 2 aromatic carbocycles.